The number of nitrogens with one attached hydrogen (secondary N) is 1. The van der Waals surface area contributed by atoms with E-state index in [1.165, 1.54) is 4.90 Å². The Morgan fingerprint density at radius 2 is 1.63 bits per heavy atom. The van der Waals surface area contributed by atoms with Crippen molar-refractivity contribution in [2.75, 3.05) is 17.4 Å². The van der Waals surface area contributed by atoms with Crippen LogP contribution in [-0.2, 0) is 26.2 Å². The van der Waals surface area contributed by atoms with Crippen molar-refractivity contribution in [1.29, 1.82) is 0 Å². The molecule has 0 heterocycles. The zero-order chi connectivity index (χ0) is 27.9. The molecule has 0 spiro atoms. The van der Waals surface area contributed by atoms with Gasteiger partial charge in [-0.25, -0.2) is 12.8 Å². The van der Waals surface area contributed by atoms with Crippen molar-refractivity contribution in [2.45, 2.75) is 44.7 Å². The summed E-state index contributed by atoms with van der Waals surface area (Å²) in [5.41, 5.74) is 1.77. The number of carbonyl (C=O) groups excluding carboxylic acids is 2. The third-order valence-electron chi connectivity index (χ3n) is 6.02. The van der Waals surface area contributed by atoms with E-state index in [0.29, 0.717) is 23.6 Å². The van der Waals surface area contributed by atoms with Gasteiger partial charge in [0.05, 0.1) is 10.6 Å². The van der Waals surface area contributed by atoms with Crippen LogP contribution in [0.15, 0.2) is 77.7 Å². The summed E-state index contributed by atoms with van der Waals surface area (Å²) in [4.78, 5) is 27.8. The molecule has 0 aromatic heterocycles. The maximum atomic E-state index is 13.8. The highest BCUT2D eigenvalue weighted by atomic mass is 35.5. The maximum Gasteiger partial charge on any atom is 0.264 e. The fraction of sp³-hybridized carbons (Fsp3) is 0.286. The van der Waals surface area contributed by atoms with E-state index < -0.39 is 34.3 Å². The van der Waals surface area contributed by atoms with Crippen LogP contribution in [0.25, 0.3) is 0 Å². The summed E-state index contributed by atoms with van der Waals surface area (Å²) in [5, 5.41) is 3.20. The maximum absolute atomic E-state index is 13.8. The molecule has 0 unspecified atom stereocenters. The summed E-state index contributed by atoms with van der Waals surface area (Å²) in [6.07, 6.45) is 0.716. The topological polar surface area (TPSA) is 86.8 Å². The number of benzene rings is 3. The first kappa shape index (κ1) is 29.1. The fourth-order valence-electron chi connectivity index (χ4n) is 3.76. The molecule has 0 aliphatic heterocycles. The van der Waals surface area contributed by atoms with Crippen LogP contribution in [0.3, 0.4) is 0 Å². The average molecular weight is 560 g/mol. The number of halogens is 2. The lowest BCUT2D eigenvalue weighted by atomic mass is 10.1. The minimum atomic E-state index is -4.26. The highest BCUT2D eigenvalue weighted by Gasteiger charge is 2.32. The Kier molecular flexibility index (Phi) is 9.88. The molecule has 0 fully saturated rings. The Morgan fingerprint density at radius 3 is 2.24 bits per heavy atom. The number of hydrogen-bond donors (Lipinski definition) is 1. The zero-order valence-electron chi connectivity index (χ0n) is 21.5. The van der Waals surface area contributed by atoms with Crippen molar-refractivity contribution < 1.29 is 22.4 Å². The number of carbonyl (C=O) groups is 2. The van der Waals surface area contributed by atoms with Crippen LogP contribution in [0.2, 0.25) is 5.02 Å². The quantitative estimate of drug-likeness (QED) is 0.361. The first-order valence-electron chi connectivity index (χ1n) is 12.2. The molecule has 38 heavy (non-hydrogen) atoms. The predicted molar refractivity (Wildman–Crippen MR) is 147 cm³/mol. The molecule has 3 aromatic carbocycles. The summed E-state index contributed by atoms with van der Waals surface area (Å²) in [5.74, 6) is -1.55. The summed E-state index contributed by atoms with van der Waals surface area (Å²) >= 11 is 6.35. The summed E-state index contributed by atoms with van der Waals surface area (Å²) < 4.78 is 41.9. The van der Waals surface area contributed by atoms with Crippen LogP contribution in [0.4, 0.5) is 10.1 Å². The second-order valence-corrected chi connectivity index (χ2v) is 11.2. The molecule has 0 radical (unpaired) electrons. The molecule has 202 valence electrons. The molecular weight excluding hydrogens is 529 g/mol. The summed E-state index contributed by atoms with van der Waals surface area (Å²) in [6.45, 7) is 5.21. The van der Waals surface area contributed by atoms with Gasteiger partial charge in [-0.2, -0.15) is 0 Å². The van der Waals surface area contributed by atoms with Crippen LogP contribution >= 0.6 is 11.6 Å². The van der Waals surface area contributed by atoms with Gasteiger partial charge in [0.25, 0.3) is 10.0 Å². The molecule has 0 aliphatic carbocycles. The van der Waals surface area contributed by atoms with Crippen LogP contribution in [0.5, 0.6) is 0 Å². The SMILES string of the molecule is CCCNC(=O)[C@H](C)N(Cc1ccccc1Cl)C(=O)CN(c1ccc(C)cc1)S(=O)(=O)c1ccc(F)cc1. The number of hydrogen-bond acceptors (Lipinski definition) is 4. The van der Waals surface area contributed by atoms with Crippen molar-refractivity contribution in [3.8, 4) is 0 Å². The number of amides is 2. The largest absolute Gasteiger partial charge is 0.354 e. The first-order chi connectivity index (χ1) is 18.0. The Balaban J connectivity index is 2.02. The lowest BCUT2D eigenvalue weighted by Gasteiger charge is -2.32. The Hall–Kier alpha value is -3.43. The third-order valence-corrected chi connectivity index (χ3v) is 8.17. The van der Waals surface area contributed by atoms with Crippen LogP contribution < -0.4 is 9.62 Å². The van der Waals surface area contributed by atoms with E-state index in [4.69, 9.17) is 11.6 Å². The Morgan fingerprint density at radius 1 is 1.00 bits per heavy atom. The number of anilines is 1. The first-order valence-corrected chi connectivity index (χ1v) is 14.0. The molecule has 0 saturated carbocycles. The molecule has 3 aromatic rings. The van der Waals surface area contributed by atoms with E-state index in [1.807, 2.05) is 13.8 Å². The van der Waals surface area contributed by atoms with Gasteiger partial charge in [-0.05, 0) is 68.3 Å². The number of aryl methyl sites for hydroxylation is 1. The fourth-order valence-corrected chi connectivity index (χ4v) is 5.37. The molecule has 3 rings (SSSR count). The van der Waals surface area contributed by atoms with E-state index in [9.17, 15) is 22.4 Å². The van der Waals surface area contributed by atoms with Crippen molar-refractivity contribution >= 4 is 39.1 Å². The minimum Gasteiger partial charge on any atom is -0.354 e. The highest BCUT2D eigenvalue weighted by Crippen LogP contribution is 2.26. The Labute approximate surface area is 228 Å². The molecular formula is C28H31ClFN3O4S. The van der Waals surface area contributed by atoms with E-state index in [1.54, 1.807) is 55.5 Å². The number of nitrogens with zero attached hydrogens (tertiary/aromatic N) is 2. The van der Waals surface area contributed by atoms with Crippen molar-refractivity contribution in [3.05, 3.63) is 94.8 Å². The average Bonchev–Trinajstić information content (AvgIpc) is 2.90. The number of sulfonamides is 1. The molecule has 0 saturated heterocycles. The van der Waals surface area contributed by atoms with Gasteiger partial charge in [0.2, 0.25) is 11.8 Å². The van der Waals surface area contributed by atoms with Gasteiger partial charge < -0.3 is 10.2 Å². The second-order valence-electron chi connectivity index (χ2n) is 8.88. The van der Waals surface area contributed by atoms with Crippen molar-refractivity contribution in [3.63, 3.8) is 0 Å². The van der Waals surface area contributed by atoms with E-state index in [-0.39, 0.29) is 23.0 Å². The summed E-state index contributed by atoms with van der Waals surface area (Å²) in [6, 6.07) is 17.1. The molecule has 0 aliphatic rings. The zero-order valence-corrected chi connectivity index (χ0v) is 23.1. The molecule has 1 atom stereocenters. The van der Waals surface area contributed by atoms with Gasteiger partial charge in [-0.15, -0.1) is 0 Å². The van der Waals surface area contributed by atoms with Gasteiger partial charge in [-0.3, -0.25) is 13.9 Å². The van der Waals surface area contributed by atoms with E-state index in [0.717, 1.165) is 34.1 Å². The van der Waals surface area contributed by atoms with Crippen molar-refractivity contribution in [1.82, 2.24) is 10.2 Å². The number of rotatable bonds is 11. The lowest BCUT2D eigenvalue weighted by molar-refractivity contribution is -0.139. The normalized spacial score (nSPS) is 12.0. The molecule has 0 bridgehead atoms. The van der Waals surface area contributed by atoms with Crippen LogP contribution in [-0.4, -0.2) is 44.3 Å². The van der Waals surface area contributed by atoms with Gasteiger partial charge in [0.1, 0.15) is 18.4 Å². The van der Waals surface area contributed by atoms with Gasteiger partial charge in [0.15, 0.2) is 0 Å². The minimum absolute atomic E-state index is 0.00243. The standard InChI is InChI=1S/C28H31ClFN3O4S/c1-4-17-31-28(35)21(3)32(18-22-7-5-6-8-26(22)29)27(34)19-33(24-13-9-20(2)10-14-24)38(36,37)25-15-11-23(30)12-16-25/h5-16,21H,4,17-19H2,1-3H3,(H,31,35)/t21-/m0/s1. The predicted octanol–water partition coefficient (Wildman–Crippen LogP) is 4.93. The molecule has 2 amide bonds. The highest BCUT2D eigenvalue weighted by molar-refractivity contribution is 7.92. The van der Waals surface area contributed by atoms with Crippen LogP contribution in [0, 0.1) is 12.7 Å². The molecule has 10 heteroatoms. The molecule has 1 N–H and O–H groups in total. The summed E-state index contributed by atoms with van der Waals surface area (Å²) in [7, 11) is -4.26. The van der Waals surface area contributed by atoms with E-state index in [2.05, 4.69) is 5.32 Å². The smallest absolute Gasteiger partial charge is 0.264 e. The van der Waals surface area contributed by atoms with Gasteiger partial charge in [-0.1, -0.05) is 54.4 Å². The third kappa shape index (κ3) is 7.11. The lowest BCUT2D eigenvalue weighted by Crippen LogP contribution is -2.51. The second kappa shape index (κ2) is 12.9. The van der Waals surface area contributed by atoms with E-state index >= 15 is 0 Å². The van der Waals surface area contributed by atoms with Gasteiger partial charge >= 0.3 is 0 Å². The Bertz CT molecular complexity index is 1370. The van der Waals surface area contributed by atoms with Gasteiger partial charge in [0, 0.05) is 18.1 Å². The monoisotopic (exact) mass is 559 g/mol. The van der Waals surface area contributed by atoms with Crippen molar-refractivity contribution in [2.24, 2.45) is 0 Å². The molecule has 7 nitrogen and oxygen atoms in total. The van der Waals surface area contributed by atoms with Crippen LogP contribution in [0.1, 0.15) is 31.4 Å².